The highest BCUT2D eigenvalue weighted by Crippen LogP contribution is 2.20. The summed E-state index contributed by atoms with van der Waals surface area (Å²) < 4.78 is 0. The van der Waals surface area contributed by atoms with Crippen LogP contribution in [0.3, 0.4) is 0 Å². The van der Waals surface area contributed by atoms with Crippen LogP contribution in [-0.4, -0.2) is 16.0 Å². The van der Waals surface area contributed by atoms with E-state index in [0.717, 1.165) is 24.5 Å². The molecule has 0 aromatic carbocycles. The van der Waals surface area contributed by atoms with Crippen molar-refractivity contribution in [1.29, 1.82) is 0 Å². The maximum atomic E-state index is 4.56. The van der Waals surface area contributed by atoms with E-state index < -0.39 is 0 Å². The zero-order valence-electron chi connectivity index (χ0n) is 10.2. The summed E-state index contributed by atoms with van der Waals surface area (Å²) >= 11 is 0. The Bertz CT molecular complexity index is 382. The molecule has 0 aliphatic heterocycles. The maximum Gasteiger partial charge on any atom is 0.135 e. The van der Waals surface area contributed by atoms with Crippen molar-refractivity contribution in [2.45, 2.75) is 45.1 Å². The van der Waals surface area contributed by atoms with E-state index in [4.69, 9.17) is 0 Å². The van der Waals surface area contributed by atoms with E-state index >= 15 is 0 Å². The van der Waals surface area contributed by atoms with Gasteiger partial charge in [-0.15, -0.1) is 0 Å². The second-order valence-corrected chi connectivity index (χ2v) is 5.30. The Kier molecular flexibility index (Phi) is 2.95. The fourth-order valence-electron chi connectivity index (χ4n) is 1.74. The first-order chi connectivity index (χ1) is 7.55. The number of nitrogens with zero attached hydrogens (tertiary/aromatic N) is 2. The van der Waals surface area contributed by atoms with Gasteiger partial charge >= 0.3 is 0 Å². The molecule has 1 aliphatic carbocycles. The van der Waals surface area contributed by atoms with Crippen LogP contribution < -0.4 is 5.32 Å². The standard InChI is InChI=1S/C13H19N3/c1-13(2,3)12-14-9-8-11(16-12)15-10-6-4-5-7-10/h4-5,8-10H,6-7H2,1-3H3,(H,14,15,16). The lowest BCUT2D eigenvalue weighted by Gasteiger charge is -2.18. The van der Waals surface area contributed by atoms with Crippen molar-refractivity contribution in [1.82, 2.24) is 9.97 Å². The minimum atomic E-state index is 0.00557. The Morgan fingerprint density at radius 2 is 1.94 bits per heavy atom. The normalized spacial score (nSPS) is 16.7. The van der Waals surface area contributed by atoms with Gasteiger partial charge in [0.2, 0.25) is 0 Å². The van der Waals surface area contributed by atoms with Gasteiger partial charge in [-0.2, -0.15) is 0 Å². The molecule has 2 rings (SSSR count). The topological polar surface area (TPSA) is 37.8 Å². The Balaban J connectivity index is 2.10. The molecule has 16 heavy (non-hydrogen) atoms. The molecule has 0 saturated carbocycles. The van der Waals surface area contributed by atoms with Gasteiger partial charge in [-0.05, 0) is 18.9 Å². The fraction of sp³-hybridized carbons (Fsp3) is 0.538. The molecule has 86 valence electrons. The van der Waals surface area contributed by atoms with E-state index in [0.29, 0.717) is 6.04 Å². The highest BCUT2D eigenvalue weighted by Gasteiger charge is 2.18. The first kappa shape index (κ1) is 11.1. The SMILES string of the molecule is CC(C)(C)c1nccc(NC2CC=CC2)n1. The summed E-state index contributed by atoms with van der Waals surface area (Å²) in [5.74, 6) is 1.83. The second kappa shape index (κ2) is 4.24. The van der Waals surface area contributed by atoms with Crippen molar-refractivity contribution in [2.75, 3.05) is 5.32 Å². The van der Waals surface area contributed by atoms with Gasteiger partial charge in [0.15, 0.2) is 0 Å². The summed E-state index contributed by atoms with van der Waals surface area (Å²) in [7, 11) is 0. The molecular weight excluding hydrogens is 198 g/mol. The first-order valence-electron chi connectivity index (χ1n) is 5.81. The third kappa shape index (κ3) is 2.60. The number of hydrogen-bond donors (Lipinski definition) is 1. The van der Waals surface area contributed by atoms with Crippen LogP contribution >= 0.6 is 0 Å². The van der Waals surface area contributed by atoms with Crippen LogP contribution in [0.2, 0.25) is 0 Å². The Labute approximate surface area is 97.0 Å². The van der Waals surface area contributed by atoms with Crippen LogP contribution in [0.1, 0.15) is 39.4 Å². The van der Waals surface area contributed by atoms with Crippen molar-refractivity contribution in [3.05, 3.63) is 30.2 Å². The lowest BCUT2D eigenvalue weighted by Crippen LogP contribution is -2.20. The molecule has 3 heteroatoms. The monoisotopic (exact) mass is 217 g/mol. The molecule has 1 aromatic rings. The van der Waals surface area contributed by atoms with Gasteiger partial charge in [-0.3, -0.25) is 0 Å². The number of nitrogens with one attached hydrogen (secondary N) is 1. The summed E-state index contributed by atoms with van der Waals surface area (Å²) in [6.07, 6.45) is 8.44. The Morgan fingerprint density at radius 3 is 2.56 bits per heavy atom. The molecule has 1 aromatic heterocycles. The number of rotatable bonds is 2. The van der Waals surface area contributed by atoms with Crippen LogP contribution in [0.15, 0.2) is 24.4 Å². The van der Waals surface area contributed by atoms with E-state index in [2.05, 4.69) is 48.2 Å². The van der Waals surface area contributed by atoms with Gasteiger partial charge in [0.25, 0.3) is 0 Å². The maximum absolute atomic E-state index is 4.56. The summed E-state index contributed by atoms with van der Waals surface area (Å²) in [6.45, 7) is 6.38. The number of aromatic nitrogens is 2. The predicted molar refractivity (Wildman–Crippen MR) is 66.5 cm³/mol. The van der Waals surface area contributed by atoms with Gasteiger partial charge in [-0.25, -0.2) is 9.97 Å². The minimum Gasteiger partial charge on any atom is -0.367 e. The molecular formula is C13H19N3. The average molecular weight is 217 g/mol. The molecule has 0 amide bonds. The third-order valence-electron chi connectivity index (χ3n) is 2.69. The van der Waals surface area contributed by atoms with E-state index in [1.807, 2.05) is 12.3 Å². The lowest BCUT2D eigenvalue weighted by atomic mass is 9.96. The van der Waals surface area contributed by atoms with Crippen molar-refractivity contribution in [2.24, 2.45) is 0 Å². The summed E-state index contributed by atoms with van der Waals surface area (Å²) in [6, 6.07) is 2.44. The van der Waals surface area contributed by atoms with Crippen LogP contribution in [-0.2, 0) is 5.41 Å². The quantitative estimate of drug-likeness (QED) is 0.774. The molecule has 1 aliphatic rings. The van der Waals surface area contributed by atoms with Crippen LogP contribution in [0.25, 0.3) is 0 Å². The fourth-order valence-corrected chi connectivity index (χ4v) is 1.74. The van der Waals surface area contributed by atoms with E-state index in [-0.39, 0.29) is 5.41 Å². The molecule has 0 atom stereocenters. The zero-order valence-corrected chi connectivity index (χ0v) is 10.2. The van der Waals surface area contributed by atoms with Crippen molar-refractivity contribution in [3.8, 4) is 0 Å². The smallest absolute Gasteiger partial charge is 0.135 e. The summed E-state index contributed by atoms with van der Waals surface area (Å²) in [5, 5.41) is 3.44. The molecule has 0 unspecified atom stereocenters. The average Bonchev–Trinajstić information content (AvgIpc) is 2.70. The molecule has 0 radical (unpaired) electrons. The van der Waals surface area contributed by atoms with Gasteiger partial charge in [-0.1, -0.05) is 32.9 Å². The molecule has 0 fully saturated rings. The molecule has 0 spiro atoms. The number of hydrogen-bond acceptors (Lipinski definition) is 3. The van der Waals surface area contributed by atoms with Gasteiger partial charge in [0.1, 0.15) is 11.6 Å². The van der Waals surface area contributed by atoms with Gasteiger partial charge < -0.3 is 5.32 Å². The van der Waals surface area contributed by atoms with E-state index in [9.17, 15) is 0 Å². The summed E-state index contributed by atoms with van der Waals surface area (Å²) in [5.41, 5.74) is 0.00557. The lowest BCUT2D eigenvalue weighted by molar-refractivity contribution is 0.545. The van der Waals surface area contributed by atoms with Crippen molar-refractivity contribution >= 4 is 5.82 Å². The minimum absolute atomic E-state index is 0.00557. The summed E-state index contributed by atoms with van der Waals surface area (Å²) in [4.78, 5) is 8.88. The molecule has 3 nitrogen and oxygen atoms in total. The third-order valence-corrected chi connectivity index (χ3v) is 2.69. The predicted octanol–water partition coefficient (Wildman–Crippen LogP) is 2.90. The number of anilines is 1. The Morgan fingerprint density at radius 1 is 1.25 bits per heavy atom. The zero-order chi connectivity index (χ0) is 11.6. The second-order valence-electron chi connectivity index (χ2n) is 5.30. The van der Waals surface area contributed by atoms with Crippen LogP contribution in [0.4, 0.5) is 5.82 Å². The van der Waals surface area contributed by atoms with Crippen LogP contribution in [0, 0.1) is 0 Å². The van der Waals surface area contributed by atoms with Gasteiger partial charge in [0.05, 0.1) is 0 Å². The van der Waals surface area contributed by atoms with Crippen molar-refractivity contribution in [3.63, 3.8) is 0 Å². The van der Waals surface area contributed by atoms with Gasteiger partial charge in [0, 0.05) is 17.7 Å². The molecule has 1 N–H and O–H groups in total. The van der Waals surface area contributed by atoms with Crippen molar-refractivity contribution < 1.29 is 0 Å². The molecule has 0 bridgehead atoms. The van der Waals surface area contributed by atoms with Crippen LogP contribution in [0.5, 0.6) is 0 Å². The van der Waals surface area contributed by atoms with E-state index in [1.165, 1.54) is 0 Å². The van der Waals surface area contributed by atoms with E-state index in [1.54, 1.807) is 0 Å². The molecule has 1 heterocycles. The largest absolute Gasteiger partial charge is 0.367 e. The Hall–Kier alpha value is -1.38. The highest BCUT2D eigenvalue weighted by atomic mass is 15.1. The molecule has 0 saturated heterocycles. The first-order valence-corrected chi connectivity index (χ1v) is 5.81. The highest BCUT2D eigenvalue weighted by molar-refractivity contribution is 5.36.